The van der Waals surface area contributed by atoms with Crippen molar-refractivity contribution in [3.8, 4) is 0 Å². The molecule has 0 unspecified atom stereocenters. The average molecular weight is 371 g/mol. The van der Waals surface area contributed by atoms with Gasteiger partial charge in [-0.3, -0.25) is 9.20 Å². The Morgan fingerprint density at radius 3 is 2.88 bits per heavy atom. The highest BCUT2D eigenvalue weighted by atomic mass is 32.2. The van der Waals surface area contributed by atoms with E-state index in [2.05, 4.69) is 20.5 Å². The Morgan fingerprint density at radius 2 is 2.04 bits per heavy atom. The largest absolute Gasteiger partial charge is 0.323 e. The molecule has 6 nitrogen and oxygen atoms in total. The van der Waals surface area contributed by atoms with Crippen LogP contribution < -0.4 is 5.32 Å². The van der Waals surface area contributed by atoms with Crippen LogP contribution in [0.3, 0.4) is 0 Å². The van der Waals surface area contributed by atoms with E-state index in [1.54, 1.807) is 10.7 Å². The molecule has 1 amide bonds. The average Bonchev–Trinajstić information content (AvgIpc) is 3.12. The number of carbonyl (C=O) groups excluding carboxylic acids is 1. The van der Waals surface area contributed by atoms with Gasteiger partial charge in [0.1, 0.15) is 23.0 Å². The molecule has 0 atom stereocenters. The third-order valence-corrected chi connectivity index (χ3v) is 4.60. The van der Waals surface area contributed by atoms with E-state index >= 15 is 0 Å². The second-order valence-corrected chi connectivity index (χ2v) is 6.36. The van der Waals surface area contributed by atoms with Gasteiger partial charge in [-0.2, -0.15) is 0 Å². The Hall–Kier alpha value is -3.07. The molecule has 0 bridgehead atoms. The summed E-state index contributed by atoms with van der Waals surface area (Å²) in [7, 11) is 0. The van der Waals surface area contributed by atoms with Crippen molar-refractivity contribution in [3.05, 3.63) is 60.4 Å². The minimum absolute atomic E-state index is 0.00925. The fourth-order valence-corrected chi connectivity index (χ4v) is 3.26. The lowest BCUT2D eigenvalue weighted by molar-refractivity contribution is -0.113. The lowest BCUT2D eigenvalue weighted by Crippen LogP contribution is -2.15. The zero-order valence-corrected chi connectivity index (χ0v) is 14.0. The summed E-state index contributed by atoms with van der Waals surface area (Å²) in [6.45, 7) is 0. The number of nitrogens with zero attached hydrogens (tertiary/aromatic N) is 4. The highest BCUT2D eigenvalue weighted by Gasteiger charge is 2.13. The number of amides is 1. The summed E-state index contributed by atoms with van der Waals surface area (Å²) in [5.41, 5.74) is 2.06. The molecule has 0 spiro atoms. The van der Waals surface area contributed by atoms with E-state index < -0.39 is 17.5 Å². The van der Waals surface area contributed by atoms with Crippen molar-refractivity contribution < 1.29 is 13.6 Å². The first-order valence-corrected chi connectivity index (χ1v) is 8.56. The Morgan fingerprint density at radius 1 is 1.19 bits per heavy atom. The van der Waals surface area contributed by atoms with Gasteiger partial charge in [-0.1, -0.05) is 23.9 Å². The maximum atomic E-state index is 13.6. The lowest BCUT2D eigenvalue weighted by atomic mass is 10.3. The van der Waals surface area contributed by atoms with Crippen LogP contribution in [0.1, 0.15) is 0 Å². The summed E-state index contributed by atoms with van der Waals surface area (Å²) in [5, 5.41) is 10.9. The van der Waals surface area contributed by atoms with Gasteiger partial charge in [0.2, 0.25) is 5.91 Å². The van der Waals surface area contributed by atoms with Crippen LogP contribution >= 0.6 is 11.8 Å². The standard InChI is InChI=1S/C17H11F2N5OS/c18-10-5-6-12(11(19)7-10)21-15(25)8-26-17-16-23-20-9-24(16)14-4-2-1-3-13(14)22-17/h1-7,9H,8H2,(H,21,25). The monoisotopic (exact) mass is 371 g/mol. The molecule has 9 heteroatoms. The van der Waals surface area contributed by atoms with Crippen molar-refractivity contribution in [2.24, 2.45) is 0 Å². The normalized spacial score (nSPS) is 11.2. The molecule has 0 aliphatic carbocycles. The topological polar surface area (TPSA) is 72.2 Å². The number of carbonyl (C=O) groups is 1. The van der Waals surface area contributed by atoms with Crippen LogP contribution in [0, 0.1) is 11.6 Å². The molecule has 0 radical (unpaired) electrons. The molecule has 1 N–H and O–H groups in total. The van der Waals surface area contributed by atoms with Gasteiger partial charge >= 0.3 is 0 Å². The van der Waals surface area contributed by atoms with E-state index in [0.29, 0.717) is 16.7 Å². The minimum atomic E-state index is -0.827. The predicted octanol–water partition coefficient (Wildman–Crippen LogP) is 3.29. The van der Waals surface area contributed by atoms with Crippen molar-refractivity contribution in [2.75, 3.05) is 11.1 Å². The van der Waals surface area contributed by atoms with Crippen molar-refractivity contribution >= 4 is 40.0 Å². The highest BCUT2D eigenvalue weighted by Crippen LogP contribution is 2.24. The molecule has 0 fully saturated rings. The van der Waals surface area contributed by atoms with Crippen LogP contribution in [0.25, 0.3) is 16.7 Å². The van der Waals surface area contributed by atoms with Crippen LogP contribution in [0.2, 0.25) is 0 Å². The third kappa shape index (κ3) is 3.08. The summed E-state index contributed by atoms with van der Waals surface area (Å²) in [4.78, 5) is 16.6. The number of halogens is 2. The van der Waals surface area contributed by atoms with Crippen LogP contribution in [-0.4, -0.2) is 31.2 Å². The molecule has 4 rings (SSSR count). The number of fused-ring (bicyclic) bond motifs is 3. The maximum Gasteiger partial charge on any atom is 0.234 e. The van der Waals surface area contributed by atoms with E-state index in [4.69, 9.17) is 0 Å². The van der Waals surface area contributed by atoms with Gasteiger partial charge in [0.25, 0.3) is 0 Å². The smallest absolute Gasteiger partial charge is 0.234 e. The van der Waals surface area contributed by atoms with E-state index in [0.717, 1.165) is 28.9 Å². The summed E-state index contributed by atoms with van der Waals surface area (Å²) in [6, 6.07) is 10.5. The van der Waals surface area contributed by atoms with Crippen molar-refractivity contribution in [2.45, 2.75) is 5.03 Å². The number of rotatable bonds is 4. The van der Waals surface area contributed by atoms with Gasteiger partial charge in [-0.25, -0.2) is 13.8 Å². The molecule has 4 aromatic rings. The summed E-state index contributed by atoms with van der Waals surface area (Å²) < 4.78 is 28.3. The van der Waals surface area contributed by atoms with Crippen LogP contribution in [-0.2, 0) is 4.79 Å². The second kappa shape index (κ2) is 6.68. The van der Waals surface area contributed by atoms with Gasteiger partial charge in [-0.05, 0) is 24.3 Å². The Bertz CT molecular complexity index is 1130. The molecule has 0 aliphatic rings. The number of thioether (sulfide) groups is 1. The fourth-order valence-electron chi connectivity index (χ4n) is 2.49. The number of benzene rings is 2. The lowest BCUT2D eigenvalue weighted by Gasteiger charge is -2.08. The molecular formula is C17H11F2N5OS. The zero-order chi connectivity index (χ0) is 18.1. The van der Waals surface area contributed by atoms with E-state index in [1.165, 1.54) is 6.07 Å². The zero-order valence-electron chi connectivity index (χ0n) is 13.2. The van der Waals surface area contributed by atoms with Crippen LogP contribution in [0.5, 0.6) is 0 Å². The fraction of sp³-hybridized carbons (Fsp3) is 0.0588. The molecule has 2 aromatic heterocycles. The highest BCUT2D eigenvalue weighted by molar-refractivity contribution is 8.00. The van der Waals surface area contributed by atoms with Crippen LogP contribution in [0.15, 0.2) is 53.8 Å². The van der Waals surface area contributed by atoms with Crippen molar-refractivity contribution in [3.63, 3.8) is 0 Å². The van der Waals surface area contributed by atoms with Gasteiger partial charge in [0.05, 0.1) is 22.5 Å². The van der Waals surface area contributed by atoms with Gasteiger partial charge in [0.15, 0.2) is 5.65 Å². The predicted molar refractivity (Wildman–Crippen MR) is 94.0 cm³/mol. The molecule has 130 valence electrons. The first kappa shape index (κ1) is 16.4. The Kier molecular flexibility index (Phi) is 4.21. The molecule has 2 aromatic carbocycles. The van der Waals surface area contributed by atoms with Gasteiger partial charge in [0, 0.05) is 6.07 Å². The minimum Gasteiger partial charge on any atom is -0.323 e. The molecule has 0 aliphatic heterocycles. The summed E-state index contributed by atoms with van der Waals surface area (Å²) in [5.74, 6) is -1.98. The second-order valence-electron chi connectivity index (χ2n) is 5.39. The summed E-state index contributed by atoms with van der Waals surface area (Å²) >= 11 is 1.16. The number of para-hydroxylation sites is 2. The summed E-state index contributed by atoms with van der Waals surface area (Å²) in [6.07, 6.45) is 1.58. The molecule has 26 heavy (non-hydrogen) atoms. The van der Waals surface area contributed by atoms with E-state index in [9.17, 15) is 13.6 Å². The van der Waals surface area contributed by atoms with E-state index in [-0.39, 0.29) is 11.4 Å². The molecule has 0 saturated carbocycles. The number of nitrogens with one attached hydrogen (secondary N) is 1. The van der Waals surface area contributed by atoms with E-state index in [1.807, 2.05) is 24.3 Å². The Labute approximate surface area is 150 Å². The SMILES string of the molecule is O=C(CSc1nc2ccccc2n2cnnc12)Nc1ccc(F)cc1F. The maximum absolute atomic E-state index is 13.6. The number of anilines is 1. The number of hydrogen-bond donors (Lipinski definition) is 1. The molecule has 2 heterocycles. The van der Waals surface area contributed by atoms with Crippen molar-refractivity contribution in [1.29, 1.82) is 0 Å². The number of aromatic nitrogens is 4. The Balaban J connectivity index is 1.55. The first-order valence-electron chi connectivity index (χ1n) is 7.58. The first-order chi connectivity index (χ1) is 12.6. The molecule has 0 saturated heterocycles. The quantitative estimate of drug-likeness (QED) is 0.558. The van der Waals surface area contributed by atoms with Gasteiger partial charge in [-0.15, -0.1) is 10.2 Å². The molecular weight excluding hydrogens is 360 g/mol. The van der Waals surface area contributed by atoms with Crippen LogP contribution in [0.4, 0.5) is 14.5 Å². The van der Waals surface area contributed by atoms with Crippen molar-refractivity contribution in [1.82, 2.24) is 19.6 Å². The third-order valence-electron chi connectivity index (χ3n) is 3.65. The van der Waals surface area contributed by atoms with Gasteiger partial charge < -0.3 is 5.32 Å². The number of hydrogen-bond acceptors (Lipinski definition) is 5.